The summed E-state index contributed by atoms with van der Waals surface area (Å²) < 4.78 is 5.46. The summed E-state index contributed by atoms with van der Waals surface area (Å²) in [6.45, 7) is 6.57. The molecule has 0 atom stereocenters. The van der Waals surface area contributed by atoms with Gasteiger partial charge in [0.25, 0.3) is 5.91 Å². The van der Waals surface area contributed by atoms with Crippen molar-refractivity contribution < 1.29 is 19.4 Å². The number of nitrogens with zero attached hydrogens (tertiary/aromatic N) is 1. The maximum atomic E-state index is 11.8. The van der Waals surface area contributed by atoms with Gasteiger partial charge in [-0.15, -0.1) is 0 Å². The molecule has 1 amide bonds. The molecular weight excluding hydrogens is 248 g/mol. The third kappa shape index (κ3) is 4.67. The van der Waals surface area contributed by atoms with Crippen molar-refractivity contribution in [2.75, 3.05) is 13.2 Å². The highest BCUT2D eigenvalue weighted by Crippen LogP contribution is 2.07. The number of ether oxygens (including phenoxy) is 1. The van der Waals surface area contributed by atoms with Crippen LogP contribution in [0.4, 0.5) is 0 Å². The van der Waals surface area contributed by atoms with Gasteiger partial charge in [0.15, 0.2) is 0 Å². The first-order valence-electron chi connectivity index (χ1n) is 5.97. The first-order valence-corrected chi connectivity index (χ1v) is 5.97. The Kier molecular flexibility index (Phi) is 5.00. The average Bonchev–Trinajstić information content (AvgIpc) is 2.36. The average molecular weight is 266 g/mol. The van der Waals surface area contributed by atoms with Crippen molar-refractivity contribution >= 4 is 11.9 Å². The maximum Gasteiger partial charge on any atom is 0.354 e. The predicted octanol–water partition coefficient (Wildman–Crippen LogP) is 1.32. The quantitative estimate of drug-likeness (QED) is 0.810. The van der Waals surface area contributed by atoms with E-state index < -0.39 is 11.6 Å². The number of carboxylic acid groups (broad SMARTS) is 1. The summed E-state index contributed by atoms with van der Waals surface area (Å²) in [6.07, 6.45) is 1.24. The highest BCUT2D eigenvalue weighted by molar-refractivity contribution is 5.94. The van der Waals surface area contributed by atoms with Gasteiger partial charge in [-0.25, -0.2) is 9.78 Å². The minimum atomic E-state index is -1.12. The van der Waals surface area contributed by atoms with Gasteiger partial charge in [0, 0.05) is 19.3 Å². The third-order valence-electron chi connectivity index (χ3n) is 2.45. The molecule has 0 spiro atoms. The van der Waals surface area contributed by atoms with E-state index in [1.54, 1.807) is 0 Å². The van der Waals surface area contributed by atoms with E-state index in [9.17, 15) is 9.59 Å². The summed E-state index contributed by atoms with van der Waals surface area (Å²) >= 11 is 0. The van der Waals surface area contributed by atoms with E-state index in [0.717, 1.165) is 0 Å². The van der Waals surface area contributed by atoms with E-state index in [1.165, 1.54) is 18.3 Å². The van der Waals surface area contributed by atoms with Crippen LogP contribution < -0.4 is 5.32 Å². The lowest BCUT2D eigenvalue weighted by atomic mass is 10.1. The smallest absolute Gasteiger partial charge is 0.354 e. The Morgan fingerprint density at radius 3 is 2.58 bits per heavy atom. The number of hydrogen-bond donors (Lipinski definition) is 2. The van der Waals surface area contributed by atoms with Crippen LogP contribution in [-0.2, 0) is 4.74 Å². The predicted molar refractivity (Wildman–Crippen MR) is 69.2 cm³/mol. The summed E-state index contributed by atoms with van der Waals surface area (Å²) in [6, 6.07) is 2.73. The largest absolute Gasteiger partial charge is 0.477 e. The van der Waals surface area contributed by atoms with Crippen LogP contribution in [-0.4, -0.2) is 40.7 Å². The van der Waals surface area contributed by atoms with Gasteiger partial charge in [0.2, 0.25) is 0 Å². The highest BCUT2D eigenvalue weighted by Gasteiger charge is 2.19. The number of nitrogens with one attached hydrogen (secondary N) is 1. The molecule has 0 bridgehead atoms. The zero-order valence-corrected chi connectivity index (χ0v) is 11.3. The van der Waals surface area contributed by atoms with E-state index in [0.29, 0.717) is 18.7 Å². The maximum absolute atomic E-state index is 11.8. The van der Waals surface area contributed by atoms with Crippen LogP contribution in [0.1, 0.15) is 41.6 Å². The number of aromatic carboxylic acids is 1. The standard InChI is InChI=1S/C13H18N2O4/c1-4-19-13(2,3)8-15-11(16)9-5-6-10(12(17)18)14-7-9/h5-7H,4,8H2,1-3H3,(H,15,16)(H,17,18). The van der Waals surface area contributed by atoms with Crippen molar-refractivity contribution in [2.45, 2.75) is 26.4 Å². The summed E-state index contributed by atoms with van der Waals surface area (Å²) in [5.41, 5.74) is -0.220. The first kappa shape index (κ1) is 15.1. The van der Waals surface area contributed by atoms with Crippen molar-refractivity contribution in [1.29, 1.82) is 0 Å². The number of rotatable bonds is 6. The van der Waals surface area contributed by atoms with Gasteiger partial charge >= 0.3 is 5.97 Å². The third-order valence-corrected chi connectivity index (χ3v) is 2.45. The van der Waals surface area contributed by atoms with Crippen LogP contribution in [0.3, 0.4) is 0 Å². The van der Waals surface area contributed by atoms with Gasteiger partial charge in [0.05, 0.1) is 11.2 Å². The van der Waals surface area contributed by atoms with Gasteiger partial charge < -0.3 is 15.2 Å². The zero-order chi connectivity index (χ0) is 14.5. The SMILES string of the molecule is CCOC(C)(C)CNC(=O)c1ccc(C(=O)O)nc1. The fourth-order valence-corrected chi connectivity index (χ4v) is 1.49. The van der Waals surface area contributed by atoms with Gasteiger partial charge in [-0.2, -0.15) is 0 Å². The lowest BCUT2D eigenvalue weighted by molar-refractivity contribution is -0.00815. The van der Waals surface area contributed by atoms with E-state index in [2.05, 4.69) is 10.3 Å². The van der Waals surface area contributed by atoms with E-state index >= 15 is 0 Å². The number of aromatic nitrogens is 1. The minimum Gasteiger partial charge on any atom is -0.477 e. The molecule has 0 aromatic carbocycles. The molecular formula is C13H18N2O4. The Balaban J connectivity index is 2.61. The second kappa shape index (κ2) is 6.29. The Morgan fingerprint density at radius 1 is 1.42 bits per heavy atom. The molecule has 0 aliphatic heterocycles. The fourth-order valence-electron chi connectivity index (χ4n) is 1.49. The Labute approximate surface area is 111 Å². The number of hydrogen-bond acceptors (Lipinski definition) is 4. The fraction of sp³-hybridized carbons (Fsp3) is 0.462. The van der Waals surface area contributed by atoms with Crippen molar-refractivity contribution in [3.63, 3.8) is 0 Å². The van der Waals surface area contributed by atoms with Crippen LogP contribution in [0, 0.1) is 0 Å². The molecule has 1 heterocycles. The summed E-state index contributed by atoms with van der Waals surface area (Å²) in [5, 5.41) is 11.4. The molecule has 19 heavy (non-hydrogen) atoms. The van der Waals surface area contributed by atoms with Crippen molar-refractivity contribution in [1.82, 2.24) is 10.3 Å². The summed E-state index contributed by atoms with van der Waals surface area (Å²) in [5.74, 6) is -1.43. The van der Waals surface area contributed by atoms with Crippen LogP contribution in [0.25, 0.3) is 0 Å². The van der Waals surface area contributed by atoms with Crippen molar-refractivity contribution in [2.24, 2.45) is 0 Å². The molecule has 2 N–H and O–H groups in total. The molecule has 1 rings (SSSR count). The first-order chi connectivity index (χ1) is 8.85. The topological polar surface area (TPSA) is 88.5 Å². The molecule has 0 saturated heterocycles. The molecule has 0 fully saturated rings. The monoisotopic (exact) mass is 266 g/mol. The van der Waals surface area contributed by atoms with Gasteiger partial charge in [-0.1, -0.05) is 0 Å². The highest BCUT2D eigenvalue weighted by atomic mass is 16.5. The number of carbonyl (C=O) groups is 2. The summed E-state index contributed by atoms with van der Waals surface area (Å²) in [4.78, 5) is 26.1. The summed E-state index contributed by atoms with van der Waals surface area (Å²) in [7, 11) is 0. The number of amides is 1. The van der Waals surface area contributed by atoms with E-state index in [4.69, 9.17) is 9.84 Å². The van der Waals surface area contributed by atoms with E-state index in [-0.39, 0.29) is 11.6 Å². The molecule has 6 nitrogen and oxygen atoms in total. The molecule has 0 aliphatic rings. The molecule has 0 aliphatic carbocycles. The van der Waals surface area contributed by atoms with E-state index in [1.807, 2.05) is 20.8 Å². The molecule has 1 aromatic rings. The molecule has 0 radical (unpaired) electrons. The number of carboxylic acids is 1. The Hall–Kier alpha value is -1.95. The molecule has 6 heteroatoms. The number of pyridine rings is 1. The van der Waals surface area contributed by atoms with Crippen molar-refractivity contribution in [3.8, 4) is 0 Å². The van der Waals surface area contributed by atoms with Crippen LogP contribution in [0.2, 0.25) is 0 Å². The minimum absolute atomic E-state index is 0.0915. The Morgan fingerprint density at radius 2 is 2.11 bits per heavy atom. The Bertz CT molecular complexity index is 454. The molecule has 104 valence electrons. The number of carbonyl (C=O) groups excluding carboxylic acids is 1. The van der Waals surface area contributed by atoms with Crippen LogP contribution >= 0.6 is 0 Å². The van der Waals surface area contributed by atoms with Gasteiger partial charge in [0.1, 0.15) is 5.69 Å². The second-order valence-corrected chi connectivity index (χ2v) is 4.61. The molecule has 0 saturated carbocycles. The zero-order valence-electron chi connectivity index (χ0n) is 11.3. The van der Waals surface area contributed by atoms with Gasteiger partial charge in [-0.3, -0.25) is 4.79 Å². The lowest BCUT2D eigenvalue weighted by Gasteiger charge is -2.24. The van der Waals surface area contributed by atoms with Crippen LogP contribution in [0.15, 0.2) is 18.3 Å². The molecule has 0 unspecified atom stereocenters. The van der Waals surface area contributed by atoms with Crippen molar-refractivity contribution in [3.05, 3.63) is 29.6 Å². The molecule has 1 aromatic heterocycles. The van der Waals surface area contributed by atoms with Gasteiger partial charge in [-0.05, 0) is 32.9 Å². The second-order valence-electron chi connectivity index (χ2n) is 4.61. The normalized spacial score (nSPS) is 11.1. The van der Waals surface area contributed by atoms with Crippen LogP contribution in [0.5, 0.6) is 0 Å². The lowest BCUT2D eigenvalue weighted by Crippen LogP contribution is -2.40.